The Labute approximate surface area is 115 Å². The summed E-state index contributed by atoms with van der Waals surface area (Å²) >= 11 is 0. The fourth-order valence-electron chi connectivity index (χ4n) is 1.97. The predicted octanol–water partition coefficient (Wildman–Crippen LogP) is 4.39. The van der Waals surface area contributed by atoms with Gasteiger partial charge in [-0.2, -0.15) is 0 Å². The van der Waals surface area contributed by atoms with Crippen LogP contribution in [0.1, 0.15) is 72.6 Å². The molecule has 0 bridgehead atoms. The Morgan fingerprint density at radius 2 is 1.61 bits per heavy atom. The van der Waals surface area contributed by atoms with Crippen molar-refractivity contribution < 1.29 is 4.74 Å². The van der Waals surface area contributed by atoms with Gasteiger partial charge in [0.2, 0.25) is 0 Å². The fourth-order valence-corrected chi connectivity index (χ4v) is 1.97. The summed E-state index contributed by atoms with van der Waals surface area (Å²) in [4.78, 5) is 0. The zero-order valence-corrected chi connectivity index (χ0v) is 13.1. The summed E-state index contributed by atoms with van der Waals surface area (Å²) in [5.41, 5.74) is 0. The van der Waals surface area contributed by atoms with Gasteiger partial charge in [0.15, 0.2) is 0 Å². The van der Waals surface area contributed by atoms with Crippen LogP contribution in [0.15, 0.2) is 0 Å². The van der Waals surface area contributed by atoms with E-state index in [0.717, 1.165) is 25.7 Å². The van der Waals surface area contributed by atoms with E-state index in [2.05, 4.69) is 33.0 Å². The van der Waals surface area contributed by atoms with Crippen molar-refractivity contribution in [3.05, 3.63) is 0 Å². The molecule has 2 nitrogen and oxygen atoms in total. The largest absolute Gasteiger partial charge is 0.380 e. The molecule has 0 aromatic rings. The van der Waals surface area contributed by atoms with Gasteiger partial charge in [0.1, 0.15) is 0 Å². The SMILES string of the molecule is CCCCCCCOCCNC(C)CCC(C)C. The maximum atomic E-state index is 5.63. The molecule has 0 spiro atoms. The van der Waals surface area contributed by atoms with Crippen LogP contribution >= 0.6 is 0 Å². The Kier molecular flexibility index (Phi) is 13.3. The van der Waals surface area contributed by atoms with Crippen molar-refractivity contribution in [1.82, 2.24) is 5.32 Å². The van der Waals surface area contributed by atoms with Crippen LogP contribution in [-0.4, -0.2) is 25.8 Å². The highest BCUT2D eigenvalue weighted by Crippen LogP contribution is 2.06. The zero-order valence-electron chi connectivity index (χ0n) is 13.1. The molecule has 0 amide bonds. The second-order valence-electron chi connectivity index (χ2n) is 5.85. The second kappa shape index (κ2) is 13.4. The fraction of sp³-hybridized carbons (Fsp3) is 1.00. The molecule has 0 aliphatic rings. The van der Waals surface area contributed by atoms with Gasteiger partial charge in [0.05, 0.1) is 6.61 Å². The van der Waals surface area contributed by atoms with Crippen LogP contribution in [0.4, 0.5) is 0 Å². The highest BCUT2D eigenvalue weighted by Gasteiger charge is 2.02. The quantitative estimate of drug-likeness (QED) is 0.494. The molecule has 2 heteroatoms. The minimum absolute atomic E-state index is 0.626. The van der Waals surface area contributed by atoms with Crippen LogP contribution in [0.2, 0.25) is 0 Å². The molecule has 1 unspecified atom stereocenters. The molecule has 0 saturated heterocycles. The Balaban J connectivity index is 3.10. The molecular weight excluding hydrogens is 222 g/mol. The molecule has 0 fully saturated rings. The molecular formula is C16H35NO. The lowest BCUT2D eigenvalue weighted by molar-refractivity contribution is 0.129. The zero-order chi connectivity index (χ0) is 13.6. The van der Waals surface area contributed by atoms with Crippen LogP contribution in [0.3, 0.4) is 0 Å². The first kappa shape index (κ1) is 17.9. The Hall–Kier alpha value is -0.0800. The van der Waals surface area contributed by atoms with Gasteiger partial charge in [-0.15, -0.1) is 0 Å². The van der Waals surface area contributed by atoms with Crippen LogP contribution in [0, 0.1) is 5.92 Å². The van der Waals surface area contributed by atoms with Crippen molar-refractivity contribution in [1.29, 1.82) is 0 Å². The molecule has 1 atom stereocenters. The minimum atomic E-state index is 0.626. The van der Waals surface area contributed by atoms with Gasteiger partial charge >= 0.3 is 0 Å². The normalized spacial score (nSPS) is 13.2. The van der Waals surface area contributed by atoms with Gasteiger partial charge in [0.25, 0.3) is 0 Å². The van der Waals surface area contributed by atoms with E-state index in [9.17, 15) is 0 Å². The minimum Gasteiger partial charge on any atom is -0.380 e. The van der Waals surface area contributed by atoms with Crippen molar-refractivity contribution in [2.45, 2.75) is 78.7 Å². The molecule has 0 aliphatic heterocycles. The van der Waals surface area contributed by atoms with E-state index in [4.69, 9.17) is 4.74 Å². The number of ether oxygens (including phenoxy) is 1. The Bertz CT molecular complexity index is 159. The van der Waals surface area contributed by atoms with Gasteiger partial charge in [-0.05, 0) is 32.1 Å². The molecule has 0 aromatic carbocycles. The third kappa shape index (κ3) is 14.0. The average molecular weight is 257 g/mol. The third-order valence-electron chi connectivity index (χ3n) is 3.31. The number of hydrogen-bond acceptors (Lipinski definition) is 2. The van der Waals surface area contributed by atoms with Crippen molar-refractivity contribution in [3.63, 3.8) is 0 Å². The van der Waals surface area contributed by atoms with Gasteiger partial charge < -0.3 is 10.1 Å². The lowest BCUT2D eigenvalue weighted by Gasteiger charge is -2.15. The molecule has 0 aromatic heterocycles. The van der Waals surface area contributed by atoms with Crippen LogP contribution in [0.5, 0.6) is 0 Å². The van der Waals surface area contributed by atoms with Crippen LogP contribution in [0.25, 0.3) is 0 Å². The number of nitrogens with one attached hydrogen (secondary N) is 1. The molecule has 0 radical (unpaired) electrons. The maximum Gasteiger partial charge on any atom is 0.0590 e. The van der Waals surface area contributed by atoms with E-state index in [-0.39, 0.29) is 0 Å². The van der Waals surface area contributed by atoms with Gasteiger partial charge in [-0.1, -0.05) is 46.5 Å². The smallest absolute Gasteiger partial charge is 0.0590 e. The van der Waals surface area contributed by atoms with E-state index < -0.39 is 0 Å². The molecule has 18 heavy (non-hydrogen) atoms. The summed E-state index contributed by atoms with van der Waals surface area (Å²) in [7, 11) is 0. The molecule has 1 N–H and O–H groups in total. The van der Waals surface area contributed by atoms with Crippen molar-refractivity contribution in [2.75, 3.05) is 19.8 Å². The van der Waals surface area contributed by atoms with Crippen molar-refractivity contribution >= 4 is 0 Å². The highest BCUT2D eigenvalue weighted by molar-refractivity contribution is 4.61. The number of rotatable bonds is 13. The summed E-state index contributed by atoms with van der Waals surface area (Å²) in [6.45, 7) is 11.9. The van der Waals surface area contributed by atoms with Crippen LogP contribution < -0.4 is 5.32 Å². The topological polar surface area (TPSA) is 21.3 Å². The van der Waals surface area contributed by atoms with Gasteiger partial charge in [0, 0.05) is 19.2 Å². The first-order valence-corrected chi connectivity index (χ1v) is 7.98. The molecule has 0 aliphatic carbocycles. The lowest BCUT2D eigenvalue weighted by Crippen LogP contribution is -2.29. The Morgan fingerprint density at radius 1 is 0.889 bits per heavy atom. The van der Waals surface area contributed by atoms with Crippen molar-refractivity contribution in [2.24, 2.45) is 5.92 Å². The van der Waals surface area contributed by atoms with E-state index in [1.54, 1.807) is 0 Å². The lowest BCUT2D eigenvalue weighted by atomic mass is 10.0. The average Bonchev–Trinajstić information content (AvgIpc) is 2.34. The predicted molar refractivity (Wildman–Crippen MR) is 81.1 cm³/mol. The van der Waals surface area contributed by atoms with Crippen molar-refractivity contribution in [3.8, 4) is 0 Å². The number of unbranched alkanes of at least 4 members (excludes halogenated alkanes) is 4. The summed E-state index contributed by atoms with van der Waals surface area (Å²) in [6.07, 6.45) is 9.19. The summed E-state index contributed by atoms with van der Waals surface area (Å²) in [5.74, 6) is 0.814. The van der Waals surface area contributed by atoms with E-state index in [1.807, 2.05) is 0 Å². The van der Waals surface area contributed by atoms with E-state index >= 15 is 0 Å². The molecule has 0 heterocycles. The second-order valence-corrected chi connectivity index (χ2v) is 5.85. The van der Waals surface area contributed by atoms with E-state index in [0.29, 0.717) is 6.04 Å². The molecule has 0 rings (SSSR count). The number of hydrogen-bond donors (Lipinski definition) is 1. The van der Waals surface area contributed by atoms with Gasteiger partial charge in [-0.25, -0.2) is 0 Å². The summed E-state index contributed by atoms with van der Waals surface area (Å²) in [5, 5.41) is 3.52. The standard InChI is InChI=1S/C16H35NO/c1-5-6-7-8-9-13-18-14-12-17-16(4)11-10-15(2)3/h15-17H,5-14H2,1-4H3. The van der Waals surface area contributed by atoms with Crippen LogP contribution in [-0.2, 0) is 4.74 Å². The molecule has 110 valence electrons. The summed E-state index contributed by atoms with van der Waals surface area (Å²) in [6, 6.07) is 0.626. The maximum absolute atomic E-state index is 5.63. The first-order chi connectivity index (χ1) is 8.66. The highest BCUT2D eigenvalue weighted by atomic mass is 16.5. The first-order valence-electron chi connectivity index (χ1n) is 7.98. The third-order valence-corrected chi connectivity index (χ3v) is 3.31. The monoisotopic (exact) mass is 257 g/mol. The molecule has 0 saturated carbocycles. The van der Waals surface area contributed by atoms with Gasteiger partial charge in [-0.3, -0.25) is 0 Å². The Morgan fingerprint density at radius 3 is 2.28 bits per heavy atom. The van der Waals surface area contributed by atoms with E-state index in [1.165, 1.54) is 44.9 Å². The summed E-state index contributed by atoms with van der Waals surface area (Å²) < 4.78 is 5.63.